The van der Waals surface area contributed by atoms with Crippen molar-refractivity contribution in [2.24, 2.45) is 5.41 Å². The Hall–Kier alpha value is -7.41. The molecule has 2 fully saturated rings. The quantitative estimate of drug-likeness (QED) is 0.0494. The van der Waals surface area contributed by atoms with Crippen LogP contribution in [0.25, 0.3) is 21.7 Å². The number of unbranched alkanes of at least 4 members (excludes halogenated alkanes) is 2. The van der Waals surface area contributed by atoms with Gasteiger partial charge in [0.05, 0.1) is 27.9 Å². The molecule has 2 saturated heterocycles. The Bertz CT molecular complexity index is 2940. The molecule has 0 radical (unpaired) electrons. The van der Waals surface area contributed by atoms with Crippen LogP contribution in [-0.4, -0.2) is 120 Å². The molecule has 3 aromatic carbocycles. The van der Waals surface area contributed by atoms with Crippen LogP contribution in [0.15, 0.2) is 109 Å². The van der Waals surface area contributed by atoms with Crippen LogP contribution in [0.2, 0.25) is 0 Å². The third kappa shape index (κ3) is 14.5. The molecule has 3 atom stereocenters. The van der Waals surface area contributed by atoms with Crippen molar-refractivity contribution in [2.75, 3.05) is 43.4 Å². The van der Waals surface area contributed by atoms with E-state index in [0.717, 1.165) is 62.9 Å². The van der Waals surface area contributed by atoms with E-state index < -0.39 is 29.5 Å². The van der Waals surface area contributed by atoms with Crippen molar-refractivity contribution < 1.29 is 29.1 Å². The van der Waals surface area contributed by atoms with Gasteiger partial charge < -0.3 is 36.2 Å². The van der Waals surface area contributed by atoms with Crippen molar-refractivity contribution in [3.8, 4) is 21.7 Å². The monoisotopic (exact) mass is 1030 g/mol. The lowest BCUT2D eigenvalue weighted by atomic mass is 9.85. The molecule has 8 rings (SSSR count). The smallest absolute Gasteiger partial charge is 0.255 e. The van der Waals surface area contributed by atoms with Gasteiger partial charge in [-0.1, -0.05) is 69.7 Å². The first kappa shape index (κ1) is 53.9. The number of pyridine rings is 1. The fourth-order valence-electron chi connectivity index (χ4n) is 9.34. The summed E-state index contributed by atoms with van der Waals surface area (Å²) in [6.07, 6.45) is 6.87. The number of nitrogens with one attached hydrogen (secondary N) is 4. The highest BCUT2D eigenvalue weighted by atomic mass is 32.1. The third-order valence-electron chi connectivity index (χ3n) is 13.7. The first-order chi connectivity index (χ1) is 36.1. The predicted octanol–water partition coefficient (Wildman–Crippen LogP) is 7.68. The number of carbonyl (C=O) groups is 5. The Morgan fingerprint density at radius 2 is 1.57 bits per heavy atom. The normalized spacial score (nSPS) is 16.3. The molecule has 5 amide bonds. The lowest BCUT2D eigenvalue weighted by Gasteiger charge is -2.35. The largest absolute Gasteiger partial charge is 0.391 e. The number of aromatic nitrogens is 4. The minimum absolute atomic E-state index is 0.000713. The van der Waals surface area contributed by atoms with Gasteiger partial charge in [0.2, 0.25) is 29.6 Å². The minimum atomic E-state index is -0.909. The number of β-amino-alcohol motifs (C(OH)–C–C–N with tert-alkyl or cyclic N) is 1. The molecule has 2 aliphatic heterocycles. The fourth-order valence-corrected chi connectivity index (χ4v) is 10.1. The van der Waals surface area contributed by atoms with Crippen LogP contribution in [0.5, 0.6) is 0 Å². The second-order valence-electron chi connectivity index (χ2n) is 20.5. The lowest BCUT2D eigenvalue weighted by molar-refractivity contribution is -0.144. The molecule has 392 valence electrons. The van der Waals surface area contributed by atoms with Gasteiger partial charge in [0.1, 0.15) is 12.1 Å². The maximum absolute atomic E-state index is 14.1. The van der Waals surface area contributed by atoms with Crippen LogP contribution < -0.4 is 21.3 Å². The van der Waals surface area contributed by atoms with Gasteiger partial charge in [0.25, 0.3) is 5.91 Å². The van der Waals surface area contributed by atoms with Gasteiger partial charge >= 0.3 is 0 Å². The van der Waals surface area contributed by atoms with E-state index in [9.17, 15) is 29.1 Å². The highest BCUT2D eigenvalue weighted by Crippen LogP contribution is 2.30. The van der Waals surface area contributed by atoms with Crippen LogP contribution in [-0.2, 0) is 32.3 Å². The van der Waals surface area contributed by atoms with Gasteiger partial charge in [-0.05, 0) is 96.8 Å². The Kier molecular flexibility index (Phi) is 17.8. The molecular weight excluding hydrogens is 967 g/mol. The summed E-state index contributed by atoms with van der Waals surface area (Å²) in [5, 5.41) is 22.8. The molecule has 5 heterocycles. The van der Waals surface area contributed by atoms with E-state index in [0.29, 0.717) is 62.5 Å². The number of carbonyl (C=O) groups excluding carboxylic acids is 5. The summed E-state index contributed by atoms with van der Waals surface area (Å²) in [5.41, 5.74) is 9.67. The van der Waals surface area contributed by atoms with Gasteiger partial charge in [-0.25, -0.2) is 15.0 Å². The van der Waals surface area contributed by atoms with Crippen molar-refractivity contribution in [3.63, 3.8) is 0 Å². The number of likely N-dealkylation sites (tertiary alicyclic amines) is 1. The zero-order valence-electron chi connectivity index (χ0n) is 43.3. The van der Waals surface area contributed by atoms with Crippen LogP contribution in [0.3, 0.4) is 0 Å². The standard InChI is InChI=1S/C57H67N11O6S/c1-37-13-22-44(30-47(37)64-56-59-25-23-46(63-56)43-10-9-24-58-33-43)62-53(72)42-20-16-40(17-21-42)34-66-26-28-67(29-27-66)50(71)12-8-6-7-11-49(70)65-52(57(3,4)5)55(74)68-35-45(69)31-48(68)54(73)60-32-39-14-18-41(19-15-39)51-38(2)61-36-75-51/h9-10,13-25,30,33,36,45,48,52,69H,6-8,11-12,26-29,31-32,34-35H2,1-5H3,(H,60,73)(H,62,72)(H,65,70)(H,59,63,64). The maximum Gasteiger partial charge on any atom is 0.255 e. The van der Waals surface area contributed by atoms with E-state index in [1.807, 2.05) is 130 Å². The van der Waals surface area contributed by atoms with E-state index in [2.05, 4.69) is 46.1 Å². The number of amides is 5. The van der Waals surface area contributed by atoms with Gasteiger partial charge in [-0.2, -0.15) is 0 Å². The molecule has 18 heteroatoms. The molecule has 0 saturated carbocycles. The predicted molar refractivity (Wildman–Crippen MR) is 291 cm³/mol. The van der Waals surface area contributed by atoms with Gasteiger partial charge in [0, 0.05) is 106 Å². The van der Waals surface area contributed by atoms with Crippen LogP contribution in [0.1, 0.15) is 92.0 Å². The van der Waals surface area contributed by atoms with Crippen molar-refractivity contribution in [1.29, 1.82) is 0 Å². The Morgan fingerprint density at radius 3 is 2.28 bits per heavy atom. The number of rotatable bonds is 19. The topological polar surface area (TPSA) is 215 Å². The molecule has 6 aromatic rings. The second-order valence-corrected chi connectivity index (χ2v) is 21.3. The fraction of sp³-hybridized carbons (Fsp3) is 0.386. The number of aliphatic hydroxyl groups excluding tert-OH is 1. The number of benzene rings is 3. The summed E-state index contributed by atoms with van der Waals surface area (Å²) in [6, 6.07) is 25.0. The average molecular weight is 1030 g/mol. The number of aliphatic hydroxyl groups is 1. The summed E-state index contributed by atoms with van der Waals surface area (Å²) < 4.78 is 0. The zero-order chi connectivity index (χ0) is 53.1. The third-order valence-corrected chi connectivity index (χ3v) is 14.7. The van der Waals surface area contributed by atoms with Crippen molar-refractivity contribution in [2.45, 2.75) is 104 Å². The molecule has 0 spiro atoms. The number of aryl methyl sites for hydroxylation is 2. The molecule has 2 aliphatic rings. The van der Waals surface area contributed by atoms with Gasteiger partial charge in [0.15, 0.2) is 0 Å². The first-order valence-corrected chi connectivity index (χ1v) is 26.5. The minimum Gasteiger partial charge on any atom is -0.391 e. The van der Waals surface area contributed by atoms with Gasteiger partial charge in [-0.15, -0.1) is 11.3 Å². The molecule has 3 aromatic heterocycles. The number of anilines is 3. The molecule has 0 aliphatic carbocycles. The van der Waals surface area contributed by atoms with E-state index in [4.69, 9.17) is 0 Å². The second kappa shape index (κ2) is 24.7. The number of piperazine rings is 1. The Morgan fingerprint density at radius 1 is 0.827 bits per heavy atom. The van der Waals surface area contributed by atoms with Crippen molar-refractivity contribution >= 4 is 58.2 Å². The summed E-state index contributed by atoms with van der Waals surface area (Å²) in [6.45, 7) is 13.2. The summed E-state index contributed by atoms with van der Waals surface area (Å²) in [7, 11) is 0. The highest BCUT2D eigenvalue weighted by molar-refractivity contribution is 7.13. The van der Waals surface area contributed by atoms with E-state index in [1.54, 1.807) is 29.9 Å². The molecule has 75 heavy (non-hydrogen) atoms. The van der Waals surface area contributed by atoms with Crippen LogP contribution in [0, 0.1) is 19.3 Å². The van der Waals surface area contributed by atoms with E-state index in [1.165, 1.54) is 4.90 Å². The number of hydrogen-bond acceptors (Lipinski definition) is 13. The molecular formula is C57H67N11O6S. The lowest BCUT2D eigenvalue weighted by Crippen LogP contribution is -2.57. The SMILES string of the molecule is Cc1ccc(NC(=O)c2ccc(CN3CCN(C(=O)CCCCCC(=O)NC(C(=O)N4CC(O)CC4C(=O)NCc4ccc(-c5scnc5C)cc4)C(C)(C)C)CC3)cc2)cc1Nc1nccc(-c2cccnc2)n1. The summed E-state index contributed by atoms with van der Waals surface area (Å²) in [5.74, 6) is -0.732. The van der Waals surface area contributed by atoms with E-state index in [-0.39, 0.29) is 49.6 Å². The van der Waals surface area contributed by atoms with Crippen LogP contribution in [0.4, 0.5) is 17.3 Å². The number of hydrogen-bond donors (Lipinski definition) is 5. The van der Waals surface area contributed by atoms with Crippen molar-refractivity contribution in [1.82, 2.24) is 45.3 Å². The Balaban J connectivity index is 0.723. The molecule has 3 unspecified atom stereocenters. The zero-order valence-corrected chi connectivity index (χ0v) is 44.2. The van der Waals surface area contributed by atoms with E-state index >= 15 is 0 Å². The highest BCUT2D eigenvalue weighted by Gasteiger charge is 2.44. The summed E-state index contributed by atoms with van der Waals surface area (Å²) >= 11 is 1.57. The number of nitrogens with zero attached hydrogens (tertiary/aromatic N) is 7. The van der Waals surface area contributed by atoms with Gasteiger partial charge in [-0.3, -0.25) is 33.9 Å². The average Bonchev–Trinajstić information content (AvgIpc) is 4.03. The van der Waals surface area contributed by atoms with Crippen molar-refractivity contribution in [3.05, 3.63) is 137 Å². The Labute approximate surface area is 442 Å². The maximum atomic E-state index is 14.1. The molecule has 17 nitrogen and oxygen atoms in total. The van der Waals surface area contributed by atoms with Crippen LogP contribution >= 0.6 is 11.3 Å². The number of thiazole rings is 1. The molecule has 0 bridgehead atoms. The summed E-state index contributed by atoms with van der Waals surface area (Å²) in [4.78, 5) is 91.6. The first-order valence-electron chi connectivity index (χ1n) is 25.6. The molecule has 5 N–H and O–H groups in total.